The number of rotatable bonds is 4. The normalized spacial score (nSPS) is 22.6. The number of carboxylic acids is 1. The van der Waals surface area contributed by atoms with Crippen LogP contribution >= 0.6 is 0 Å². The van der Waals surface area contributed by atoms with E-state index in [1.165, 1.54) is 0 Å². The first-order valence-corrected chi connectivity index (χ1v) is 6.36. The van der Waals surface area contributed by atoms with Gasteiger partial charge in [0.25, 0.3) is 0 Å². The number of nitrogens with one attached hydrogen (secondary N) is 1. The topological polar surface area (TPSA) is 78.9 Å². The number of piperidine rings is 1. The quantitative estimate of drug-likeness (QED) is 0.775. The van der Waals surface area contributed by atoms with Gasteiger partial charge in [-0.25, -0.2) is 4.79 Å². The highest BCUT2D eigenvalue weighted by molar-refractivity contribution is 5.80. The Bertz CT molecular complexity index is 333. The lowest BCUT2D eigenvalue weighted by Crippen LogP contribution is -2.47. The first kappa shape index (κ1) is 13.1. The minimum Gasteiger partial charge on any atom is -0.481 e. The molecule has 0 unspecified atom stereocenters. The van der Waals surface area contributed by atoms with Crippen LogP contribution in [0.3, 0.4) is 0 Å². The van der Waals surface area contributed by atoms with Crippen molar-refractivity contribution in [2.75, 3.05) is 26.7 Å². The van der Waals surface area contributed by atoms with Crippen molar-refractivity contribution in [2.24, 2.45) is 5.41 Å². The van der Waals surface area contributed by atoms with E-state index in [0.717, 1.165) is 12.8 Å². The molecule has 0 atom stereocenters. The van der Waals surface area contributed by atoms with E-state index in [2.05, 4.69) is 5.32 Å². The molecule has 1 aliphatic carbocycles. The van der Waals surface area contributed by atoms with Crippen LogP contribution in [0.15, 0.2) is 0 Å². The van der Waals surface area contributed by atoms with Gasteiger partial charge in [0, 0.05) is 26.7 Å². The Hall–Kier alpha value is -1.30. The van der Waals surface area contributed by atoms with Crippen LogP contribution in [0, 0.1) is 5.41 Å². The molecule has 6 nitrogen and oxygen atoms in total. The van der Waals surface area contributed by atoms with Crippen molar-refractivity contribution in [3.63, 3.8) is 0 Å². The van der Waals surface area contributed by atoms with E-state index in [1.807, 2.05) is 0 Å². The van der Waals surface area contributed by atoms with Gasteiger partial charge in [-0.2, -0.15) is 0 Å². The second-order valence-electron chi connectivity index (χ2n) is 5.17. The number of hydrogen-bond acceptors (Lipinski definition) is 3. The standard InChI is InChI=1S/C12H20N2O4/c1-18-9-2-6-14(7-3-9)11(17)13-8-12(4-5-12)10(15)16/h9H,2-8H2,1H3,(H,13,17)(H,15,16). The lowest BCUT2D eigenvalue weighted by Gasteiger charge is -2.31. The molecule has 1 aliphatic heterocycles. The van der Waals surface area contributed by atoms with Gasteiger partial charge in [-0.05, 0) is 25.7 Å². The zero-order valence-corrected chi connectivity index (χ0v) is 10.6. The van der Waals surface area contributed by atoms with Gasteiger partial charge in [-0.1, -0.05) is 0 Å². The van der Waals surface area contributed by atoms with E-state index in [4.69, 9.17) is 9.84 Å². The van der Waals surface area contributed by atoms with Gasteiger partial charge in [0.05, 0.1) is 11.5 Å². The van der Waals surface area contributed by atoms with Crippen LogP contribution in [0.1, 0.15) is 25.7 Å². The third-order valence-electron chi connectivity index (χ3n) is 3.95. The minimum absolute atomic E-state index is 0.155. The zero-order valence-electron chi connectivity index (χ0n) is 10.6. The Morgan fingerprint density at radius 2 is 2.00 bits per heavy atom. The molecule has 1 saturated carbocycles. The van der Waals surface area contributed by atoms with E-state index in [9.17, 15) is 9.59 Å². The van der Waals surface area contributed by atoms with E-state index in [0.29, 0.717) is 25.9 Å². The monoisotopic (exact) mass is 256 g/mol. The van der Waals surface area contributed by atoms with Crippen LogP contribution in [-0.4, -0.2) is 54.9 Å². The number of hydrogen-bond donors (Lipinski definition) is 2. The fraction of sp³-hybridized carbons (Fsp3) is 0.833. The second kappa shape index (κ2) is 5.14. The van der Waals surface area contributed by atoms with Gasteiger partial charge in [-0.15, -0.1) is 0 Å². The number of likely N-dealkylation sites (tertiary alicyclic amines) is 1. The van der Waals surface area contributed by atoms with E-state index in [-0.39, 0.29) is 18.7 Å². The molecule has 2 fully saturated rings. The van der Waals surface area contributed by atoms with Crippen LogP contribution in [0.2, 0.25) is 0 Å². The summed E-state index contributed by atoms with van der Waals surface area (Å²) in [7, 11) is 1.68. The summed E-state index contributed by atoms with van der Waals surface area (Å²) in [5, 5.41) is 11.7. The number of carboxylic acid groups (broad SMARTS) is 1. The van der Waals surface area contributed by atoms with Gasteiger partial charge in [0.2, 0.25) is 0 Å². The van der Waals surface area contributed by atoms with Gasteiger partial charge >= 0.3 is 12.0 Å². The van der Waals surface area contributed by atoms with Gasteiger partial charge in [0.1, 0.15) is 0 Å². The number of amides is 2. The summed E-state index contributed by atoms with van der Waals surface area (Å²) >= 11 is 0. The third kappa shape index (κ3) is 2.75. The average Bonchev–Trinajstić information content (AvgIpc) is 3.17. The predicted octanol–water partition coefficient (Wildman–Crippen LogP) is 0.672. The molecule has 6 heteroatoms. The molecule has 2 rings (SSSR count). The summed E-state index contributed by atoms with van der Waals surface area (Å²) in [4.78, 5) is 24.6. The highest BCUT2D eigenvalue weighted by Crippen LogP contribution is 2.45. The summed E-state index contributed by atoms with van der Waals surface area (Å²) < 4.78 is 5.24. The summed E-state index contributed by atoms with van der Waals surface area (Å²) in [5.74, 6) is -0.805. The van der Waals surface area contributed by atoms with E-state index < -0.39 is 11.4 Å². The molecule has 0 aromatic heterocycles. The maximum absolute atomic E-state index is 11.9. The molecular weight excluding hydrogens is 236 g/mol. The molecule has 2 aliphatic rings. The van der Waals surface area contributed by atoms with Crippen LogP contribution in [0.4, 0.5) is 4.79 Å². The molecule has 0 spiro atoms. The van der Waals surface area contributed by atoms with Crippen LogP contribution in [0.5, 0.6) is 0 Å². The van der Waals surface area contributed by atoms with Gasteiger partial charge in [-0.3, -0.25) is 4.79 Å². The Morgan fingerprint density at radius 1 is 1.39 bits per heavy atom. The number of methoxy groups -OCH3 is 1. The zero-order chi connectivity index (χ0) is 13.2. The fourth-order valence-electron chi connectivity index (χ4n) is 2.27. The fourth-order valence-corrected chi connectivity index (χ4v) is 2.27. The number of ether oxygens (including phenoxy) is 1. The highest BCUT2D eigenvalue weighted by atomic mass is 16.5. The molecule has 0 aromatic carbocycles. The number of carbonyl (C=O) groups is 2. The first-order chi connectivity index (χ1) is 8.57. The van der Waals surface area contributed by atoms with Crippen molar-refractivity contribution in [1.82, 2.24) is 10.2 Å². The van der Waals surface area contributed by atoms with Crippen molar-refractivity contribution in [3.05, 3.63) is 0 Å². The van der Waals surface area contributed by atoms with Gasteiger partial charge < -0.3 is 20.1 Å². The Kier molecular flexibility index (Phi) is 3.75. The number of nitrogens with zero attached hydrogens (tertiary/aromatic N) is 1. The highest BCUT2D eigenvalue weighted by Gasteiger charge is 2.50. The molecule has 2 N–H and O–H groups in total. The number of aliphatic carboxylic acids is 1. The minimum atomic E-state index is -0.805. The van der Waals surface area contributed by atoms with E-state index in [1.54, 1.807) is 12.0 Å². The lowest BCUT2D eigenvalue weighted by molar-refractivity contribution is -0.143. The molecule has 102 valence electrons. The summed E-state index contributed by atoms with van der Waals surface area (Å²) in [6.45, 7) is 1.58. The van der Waals surface area contributed by atoms with Crippen LogP contribution in [0.25, 0.3) is 0 Å². The van der Waals surface area contributed by atoms with Crippen molar-refractivity contribution in [1.29, 1.82) is 0 Å². The summed E-state index contributed by atoms with van der Waals surface area (Å²) in [5.41, 5.74) is -0.694. The molecule has 0 radical (unpaired) electrons. The molecule has 1 saturated heterocycles. The predicted molar refractivity (Wildman–Crippen MR) is 64.3 cm³/mol. The summed E-state index contributed by atoms with van der Waals surface area (Å²) in [6, 6.07) is -0.155. The molecule has 0 bridgehead atoms. The van der Waals surface area contributed by atoms with Crippen LogP contribution in [-0.2, 0) is 9.53 Å². The van der Waals surface area contributed by atoms with Crippen molar-refractivity contribution >= 4 is 12.0 Å². The molecule has 18 heavy (non-hydrogen) atoms. The Labute approximate surface area is 106 Å². The number of carbonyl (C=O) groups excluding carboxylic acids is 1. The molecule has 0 aromatic rings. The van der Waals surface area contributed by atoms with Crippen molar-refractivity contribution < 1.29 is 19.4 Å². The lowest BCUT2D eigenvalue weighted by atomic mass is 10.1. The van der Waals surface area contributed by atoms with Crippen molar-refractivity contribution in [2.45, 2.75) is 31.8 Å². The maximum atomic E-state index is 11.9. The molecular formula is C12H20N2O4. The largest absolute Gasteiger partial charge is 0.481 e. The summed E-state index contributed by atoms with van der Waals surface area (Å²) in [6.07, 6.45) is 3.24. The maximum Gasteiger partial charge on any atom is 0.317 e. The average molecular weight is 256 g/mol. The van der Waals surface area contributed by atoms with Crippen molar-refractivity contribution in [3.8, 4) is 0 Å². The number of urea groups is 1. The van der Waals surface area contributed by atoms with E-state index >= 15 is 0 Å². The molecule has 2 amide bonds. The smallest absolute Gasteiger partial charge is 0.317 e. The van der Waals surface area contributed by atoms with Gasteiger partial charge in [0.15, 0.2) is 0 Å². The molecule has 1 heterocycles. The SMILES string of the molecule is COC1CCN(C(=O)NCC2(C(=O)O)CC2)CC1. The Morgan fingerprint density at radius 3 is 2.44 bits per heavy atom. The second-order valence-corrected chi connectivity index (χ2v) is 5.17. The Balaban J connectivity index is 1.74. The third-order valence-corrected chi connectivity index (χ3v) is 3.95. The first-order valence-electron chi connectivity index (χ1n) is 6.36. The van der Waals surface area contributed by atoms with Crippen LogP contribution < -0.4 is 5.32 Å².